The van der Waals surface area contributed by atoms with Gasteiger partial charge in [-0.25, -0.2) is 22.8 Å². The summed E-state index contributed by atoms with van der Waals surface area (Å²) in [6, 6.07) is 9.16. The van der Waals surface area contributed by atoms with Crippen LogP contribution in [0.25, 0.3) is 6.08 Å². The Balaban J connectivity index is 1.45. The summed E-state index contributed by atoms with van der Waals surface area (Å²) in [5, 5.41) is 12.1. The molecule has 9 nitrogen and oxygen atoms in total. The number of nitrogens with zero attached hydrogens (tertiary/aromatic N) is 4. The third-order valence-electron chi connectivity index (χ3n) is 6.44. The molecule has 0 amide bonds. The second-order valence-corrected chi connectivity index (χ2v) is 11.0. The Kier molecular flexibility index (Phi) is 10.5. The highest BCUT2D eigenvalue weighted by Gasteiger charge is 2.46. The number of esters is 1. The van der Waals surface area contributed by atoms with Crippen LogP contribution in [0.15, 0.2) is 67.3 Å². The molecule has 42 heavy (non-hydrogen) atoms. The van der Waals surface area contributed by atoms with Gasteiger partial charge >= 0.3 is 5.97 Å². The fourth-order valence-corrected chi connectivity index (χ4v) is 5.73. The molecule has 0 bridgehead atoms. The Labute approximate surface area is 244 Å². The molecule has 13 heteroatoms. The van der Waals surface area contributed by atoms with E-state index >= 15 is 4.39 Å². The Morgan fingerprint density at radius 3 is 2.67 bits per heavy atom. The van der Waals surface area contributed by atoms with Crippen LogP contribution in [0.4, 0.5) is 13.2 Å². The van der Waals surface area contributed by atoms with Crippen LogP contribution in [0.3, 0.4) is 0 Å². The van der Waals surface area contributed by atoms with Crippen LogP contribution in [-0.4, -0.2) is 57.3 Å². The number of hydrogen-bond donors (Lipinski definition) is 1. The molecule has 2 N–H and O–H groups in total. The molecule has 1 aromatic heterocycles. The Bertz CT molecular complexity index is 1470. The predicted molar refractivity (Wildman–Crippen MR) is 149 cm³/mol. The fourth-order valence-electron chi connectivity index (χ4n) is 4.37. The van der Waals surface area contributed by atoms with E-state index in [0.29, 0.717) is 5.56 Å². The molecule has 0 spiro atoms. The molecule has 2 heterocycles. The Morgan fingerprint density at radius 1 is 1.24 bits per heavy atom. The van der Waals surface area contributed by atoms with E-state index in [2.05, 4.69) is 10.1 Å². The van der Waals surface area contributed by atoms with Gasteiger partial charge in [-0.1, -0.05) is 24.3 Å². The van der Waals surface area contributed by atoms with Crippen molar-refractivity contribution in [3.8, 4) is 6.07 Å². The first-order valence-electron chi connectivity index (χ1n) is 12.9. The molecule has 3 aromatic rings. The minimum Gasteiger partial charge on any atom is -0.450 e. The number of nitrogens with two attached hydrogens (primary N) is 1. The van der Waals surface area contributed by atoms with E-state index in [4.69, 9.17) is 25.2 Å². The molecule has 4 rings (SSSR count). The number of aromatic nitrogens is 3. The first kappa shape index (κ1) is 31.0. The summed E-state index contributed by atoms with van der Waals surface area (Å²) in [7, 11) is 0. The molecule has 1 fully saturated rings. The molecule has 2 atom stereocenters. The highest BCUT2D eigenvalue weighted by Crippen LogP contribution is 2.41. The molecule has 220 valence electrons. The van der Waals surface area contributed by atoms with Gasteiger partial charge in [0, 0.05) is 22.4 Å². The SMILES string of the molecule is CC(SC1COC(/C=C/C=C/c2ccc(C#N)cc2F)OC1)[C@@](Cn1cncn1)(OC(=O)CN)c1ccc(F)cc1F. The Hall–Kier alpha value is -3.96. The fraction of sp³-hybridized carbons (Fsp3) is 0.310. The third kappa shape index (κ3) is 7.65. The molecule has 0 saturated carbocycles. The summed E-state index contributed by atoms with van der Waals surface area (Å²) >= 11 is 1.35. The van der Waals surface area contributed by atoms with Crippen LogP contribution in [0.5, 0.6) is 0 Å². The molecular weight excluding hydrogens is 571 g/mol. The van der Waals surface area contributed by atoms with Gasteiger partial charge in [0.15, 0.2) is 11.9 Å². The maximum Gasteiger partial charge on any atom is 0.320 e. The van der Waals surface area contributed by atoms with Crippen molar-refractivity contribution in [2.45, 2.75) is 35.9 Å². The van der Waals surface area contributed by atoms with E-state index in [0.717, 1.165) is 18.2 Å². The van der Waals surface area contributed by atoms with Crippen LogP contribution in [-0.2, 0) is 31.2 Å². The maximum atomic E-state index is 15.2. The van der Waals surface area contributed by atoms with E-state index in [1.54, 1.807) is 31.2 Å². The molecule has 2 aromatic carbocycles. The summed E-state index contributed by atoms with van der Waals surface area (Å²) in [6.07, 6.45) is 8.54. The van der Waals surface area contributed by atoms with E-state index in [1.807, 2.05) is 6.07 Å². The minimum atomic E-state index is -1.63. The largest absolute Gasteiger partial charge is 0.450 e. The monoisotopic (exact) mass is 599 g/mol. The predicted octanol–water partition coefficient (Wildman–Crippen LogP) is 4.10. The molecule has 0 aliphatic carbocycles. The molecule has 1 aliphatic rings. The average molecular weight is 600 g/mol. The number of hydrogen-bond acceptors (Lipinski definition) is 9. The van der Waals surface area contributed by atoms with Gasteiger partial charge in [-0.2, -0.15) is 10.4 Å². The van der Waals surface area contributed by atoms with Gasteiger partial charge in [0.2, 0.25) is 0 Å². The van der Waals surface area contributed by atoms with E-state index < -0.39 is 47.1 Å². The number of carbonyl (C=O) groups is 1. The number of thioether (sulfide) groups is 1. The van der Waals surface area contributed by atoms with Crippen molar-refractivity contribution in [1.82, 2.24) is 14.8 Å². The van der Waals surface area contributed by atoms with E-state index in [1.165, 1.54) is 47.3 Å². The molecule has 1 aliphatic heterocycles. The van der Waals surface area contributed by atoms with Gasteiger partial charge < -0.3 is 19.9 Å². The van der Waals surface area contributed by atoms with Crippen molar-refractivity contribution in [2.75, 3.05) is 19.8 Å². The molecule has 1 saturated heterocycles. The third-order valence-corrected chi connectivity index (χ3v) is 7.89. The molecule has 1 unspecified atom stereocenters. The van der Waals surface area contributed by atoms with Crippen LogP contribution in [0, 0.1) is 28.8 Å². The van der Waals surface area contributed by atoms with Crippen molar-refractivity contribution >= 4 is 23.8 Å². The topological polar surface area (TPSA) is 125 Å². The number of allylic oxidation sites excluding steroid dienone is 2. The second-order valence-electron chi connectivity index (χ2n) is 9.31. The zero-order valence-electron chi connectivity index (χ0n) is 22.5. The molecular formula is C29H28F3N5O4S. The second kappa shape index (κ2) is 14.3. The van der Waals surface area contributed by atoms with Crippen molar-refractivity contribution in [3.63, 3.8) is 0 Å². The van der Waals surface area contributed by atoms with Crippen LogP contribution < -0.4 is 5.73 Å². The van der Waals surface area contributed by atoms with Crippen molar-refractivity contribution in [2.24, 2.45) is 5.73 Å². The lowest BCUT2D eigenvalue weighted by Gasteiger charge is -2.40. The van der Waals surface area contributed by atoms with E-state index in [-0.39, 0.29) is 36.1 Å². The van der Waals surface area contributed by atoms with Gasteiger partial charge in [0.1, 0.15) is 30.1 Å². The van der Waals surface area contributed by atoms with Gasteiger partial charge in [-0.15, -0.1) is 11.8 Å². The normalized spacial score (nSPS) is 19.4. The highest BCUT2D eigenvalue weighted by molar-refractivity contribution is 8.00. The van der Waals surface area contributed by atoms with Gasteiger partial charge in [0.05, 0.1) is 43.2 Å². The lowest BCUT2D eigenvalue weighted by Crippen LogP contribution is -2.48. The number of carbonyl (C=O) groups excluding carboxylic acids is 1. The number of nitriles is 1. The highest BCUT2D eigenvalue weighted by atomic mass is 32.2. The number of ether oxygens (including phenoxy) is 3. The van der Waals surface area contributed by atoms with Crippen LogP contribution in [0.2, 0.25) is 0 Å². The average Bonchev–Trinajstić information content (AvgIpc) is 3.49. The van der Waals surface area contributed by atoms with Gasteiger partial charge in [0.25, 0.3) is 0 Å². The zero-order valence-corrected chi connectivity index (χ0v) is 23.3. The maximum absolute atomic E-state index is 15.2. The van der Waals surface area contributed by atoms with Crippen molar-refractivity contribution in [3.05, 3.63) is 101 Å². The summed E-state index contributed by atoms with van der Waals surface area (Å²) < 4.78 is 61.9. The summed E-state index contributed by atoms with van der Waals surface area (Å²) in [5.74, 6) is -2.94. The lowest BCUT2D eigenvalue weighted by molar-refractivity contribution is -0.161. The van der Waals surface area contributed by atoms with Crippen molar-refractivity contribution in [1.29, 1.82) is 5.26 Å². The van der Waals surface area contributed by atoms with Crippen molar-refractivity contribution < 1.29 is 32.2 Å². The summed E-state index contributed by atoms with van der Waals surface area (Å²) in [4.78, 5) is 16.4. The summed E-state index contributed by atoms with van der Waals surface area (Å²) in [5.41, 5.74) is 4.44. The van der Waals surface area contributed by atoms with Gasteiger partial charge in [-0.05, 0) is 37.3 Å². The Morgan fingerprint density at radius 2 is 2.02 bits per heavy atom. The van der Waals surface area contributed by atoms with Crippen LogP contribution in [0.1, 0.15) is 23.6 Å². The smallest absolute Gasteiger partial charge is 0.320 e. The van der Waals surface area contributed by atoms with Gasteiger partial charge in [-0.3, -0.25) is 4.79 Å². The standard InChI is InChI=1S/C29H28F3N5O4S/c1-19(29(41-27(38)13-34,16-37-18-35-17-36-37)24-9-8-22(30)11-26(24)32)42-23-14-39-28(40-15-23)5-3-2-4-21-7-6-20(12-33)10-25(21)31/h2-11,17-19,23,28H,13-16,34H2,1H3/b4-2+,5-3+/t19?,23?,28?,29-/m1/s1. The quantitative estimate of drug-likeness (QED) is 0.256. The summed E-state index contributed by atoms with van der Waals surface area (Å²) in [6.45, 7) is 1.71. The number of benzene rings is 2. The first-order chi connectivity index (χ1) is 20.2. The van der Waals surface area contributed by atoms with Crippen LogP contribution >= 0.6 is 11.8 Å². The minimum absolute atomic E-state index is 0.0369. The number of rotatable bonds is 11. The first-order valence-corrected chi connectivity index (χ1v) is 13.8. The zero-order chi connectivity index (χ0) is 30.1. The molecule has 0 radical (unpaired) electrons. The number of halogens is 3. The van der Waals surface area contributed by atoms with E-state index in [9.17, 15) is 13.6 Å². The lowest BCUT2D eigenvalue weighted by atomic mass is 9.89.